The van der Waals surface area contributed by atoms with Crippen LogP contribution in [-0.2, 0) is 11.4 Å². The molecule has 3 heteroatoms. The van der Waals surface area contributed by atoms with Gasteiger partial charge in [-0.1, -0.05) is 44.7 Å². The normalized spacial score (nSPS) is 17.4. The molecule has 2 rings (SSSR count). The summed E-state index contributed by atoms with van der Waals surface area (Å²) in [5.41, 5.74) is 1.59. The third kappa shape index (κ3) is 4.06. The number of aliphatic hydroxyl groups is 1. The van der Waals surface area contributed by atoms with Crippen LogP contribution in [0.5, 0.6) is 0 Å². The third-order valence-corrected chi connectivity index (χ3v) is 3.99. The zero-order valence-electron chi connectivity index (χ0n) is 11.6. The van der Waals surface area contributed by atoms with Crippen molar-refractivity contribution in [3.05, 3.63) is 29.8 Å². The molecular weight excluding hydrogens is 238 g/mol. The van der Waals surface area contributed by atoms with Gasteiger partial charge < -0.3 is 10.4 Å². The Bertz CT molecular complexity index is 425. The highest BCUT2D eigenvalue weighted by Gasteiger charge is 2.21. The van der Waals surface area contributed by atoms with Crippen LogP contribution in [0.2, 0.25) is 0 Å². The predicted octanol–water partition coefficient (Wildman–Crippen LogP) is 3.33. The first-order valence-corrected chi connectivity index (χ1v) is 7.19. The third-order valence-electron chi connectivity index (χ3n) is 3.99. The van der Waals surface area contributed by atoms with E-state index < -0.39 is 0 Å². The lowest BCUT2D eigenvalue weighted by molar-refractivity contribution is -0.119. The molecule has 0 bridgehead atoms. The number of carbonyl (C=O) groups excluding carboxylic acids is 1. The summed E-state index contributed by atoms with van der Waals surface area (Å²) >= 11 is 0. The van der Waals surface area contributed by atoms with Crippen LogP contribution in [-0.4, -0.2) is 11.0 Å². The Balaban J connectivity index is 1.88. The van der Waals surface area contributed by atoms with Crippen molar-refractivity contribution in [1.82, 2.24) is 0 Å². The maximum absolute atomic E-state index is 12.1. The summed E-state index contributed by atoms with van der Waals surface area (Å²) < 4.78 is 0. The fraction of sp³-hybridized carbons (Fsp3) is 0.562. The lowest BCUT2D eigenvalue weighted by Crippen LogP contribution is -2.22. The van der Waals surface area contributed by atoms with Crippen LogP contribution >= 0.6 is 0 Å². The quantitative estimate of drug-likeness (QED) is 0.854. The number of aliphatic hydroxyl groups excluding tert-OH is 1. The first-order valence-electron chi connectivity index (χ1n) is 7.19. The maximum atomic E-state index is 12.1. The second-order valence-corrected chi connectivity index (χ2v) is 5.63. The molecule has 1 amide bonds. The molecule has 1 fully saturated rings. The highest BCUT2D eigenvalue weighted by molar-refractivity contribution is 5.92. The van der Waals surface area contributed by atoms with Crippen LogP contribution in [0.1, 0.15) is 44.6 Å². The van der Waals surface area contributed by atoms with Gasteiger partial charge in [0, 0.05) is 11.6 Å². The van der Waals surface area contributed by atoms with Gasteiger partial charge in [0.25, 0.3) is 0 Å². The zero-order chi connectivity index (χ0) is 13.7. The smallest absolute Gasteiger partial charge is 0.227 e. The molecule has 0 heterocycles. The molecule has 3 nitrogen and oxygen atoms in total. The van der Waals surface area contributed by atoms with Crippen LogP contribution in [0.15, 0.2) is 24.3 Å². The van der Waals surface area contributed by atoms with Crippen molar-refractivity contribution in [3.8, 4) is 0 Å². The Labute approximate surface area is 115 Å². The Kier molecular flexibility index (Phi) is 4.97. The van der Waals surface area contributed by atoms with Gasteiger partial charge in [0.2, 0.25) is 5.91 Å². The molecule has 1 aromatic rings. The molecule has 0 saturated heterocycles. The van der Waals surface area contributed by atoms with Gasteiger partial charge in [0.05, 0.1) is 6.61 Å². The SMILES string of the molecule is CC(CC1CCCC1)C(=O)Nc1cccc(CO)c1. The largest absolute Gasteiger partial charge is 0.392 e. The number of hydrogen-bond donors (Lipinski definition) is 2. The van der Waals surface area contributed by atoms with E-state index in [4.69, 9.17) is 5.11 Å². The molecule has 0 radical (unpaired) electrons. The second-order valence-electron chi connectivity index (χ2n) is 5.63. The minimum atomic E-state index is 0.00133. The van der Waals surface area contributed by atoms with Gasteiger partial charge in [-0.2, -0.15) is 0 Å². The number of rotatable bonds is 5. The van der Waals surface area contributed by atoms with E-state index in [0.29, 0.717) is 0 Å². The van der Waals surface area contributed by atoms with Crippen molar-refractivity contribution in [2.24, 2.45) is 11.8 Å². The van der Waals surface area contributed by atoms with E-state index in [2.05, 4.69) is 5.32 Å². The summed E-state index contributed by atoms with van der Waals surface area (Å²) in [5.74, 6) is 0.868. The van der Waals surface area contributed by atoms with Gasteiger partial charge in [-0.15, -0.1) is 0 Å². The standard InChI is InChI=1S/C16H23NO2/c1-12(9-13-5-2-3-6-13)16(19)17-15-8-4-7-14(10-15)11-18/h4,7-8,10,12-13,18H,2-3,5-6,9,11H2,1H3,(H,17,19). The number of benzene rings is 1. The Morgan fingerprint density at radius 3 is 2.84 bits per heavy atom. The summed E-state index contributed by atoms with van der Waals surface area (Å²) in [4.78, 5) is 12.1. The number of hydrogen-bond acceptors (Lipinski definition) is 2. The molecule has 1 aliphatic rings. The summed E-state index contributed by atoms with van der Waals surface area (Å²) in [6, 6.07) is 7.37. The van der Waals surface area contributed by atoms with E-state index >= 15 is 0 Å². The monoisotopic (exact) mass is 261 g/mol. The van der Waals surface area contributed by atoms with Crippen LogP contribution in [0.3, 0.4) is 0 Å². The maximum Gasteiger partial charge on any atom is 0.227 e. The highest BCUT2D eigenvalue weighted by Crippen LogP contribution is 2.30. The summed E-state index contributed by atoms with van der Waals surface area (Å²) in [7, 11) is 0. The van der Waals surface area contributed by atoms with E-state index in [-0.39, 0.29) is 18.4 Å². The second kappa shape index (κ2) is 6.71. The molecule has 0 aromatic heterocycles. The van der Waals surface area contributed by atoms with E-state index in [0.717, 1.165) is 23.6 Å². The van der Waals surface area contributed by atoms with Crippen LogP contribution in [0, 0.1) is 11.8 Å². The van der Waals surface area contributed by atoms with Crippen molar-refractivity contribution in [1.29, 1.82) is 0 Å². The number of amides is 1. The van der Waals surface area contributed by atoms with Gasteiger partial charge in [0.15, 0.2) is 0 Å². The van der Waals surface area contributed by atoms with Crippen LogP contribution in [0.25, 0.3) is 0 Å². The molecule has 2 N–H and O–H groups in total. The minimum absolute atomic E-state index is 0.00133. The predicted molar refractivity (Wildman–Crippen MR) is 76.7 cm³/mol. The number of anilines is 1. The Hall–Kier alpha value is -1.35. The van der Waals surface area contributed by atoms with Crippen molar-refractivity contribution in [3.63, 3.8) is 0 Å². The summed E-state index contributed by atoms with van der Waals surface area (Å²) in [5, 5.41) is 12.0. The first kappa shape index (κ1) is 14.1. The Morgan fingerprint density at radius 1 is 1.42 bits per heavy atom. The molecule has 1 aromatic carbocycles. The highest BCUT2D eigenvalue weighted by atomic mass is 16.3. The fourth-order valence-electron chi connectivity index (χ4n) is 2.87. The molecule has 19 heavy (non-hydrogen) atoms. The Morgan fingerprint density at radius 2 is 2.16 bits per heavy atom. The van der Waals surface area contributed by atoms with Crippen LogP contribution in [0.4, 0.5) is 5.69 Å². The molecule has 1 saturated carbocycles. The molecule has 0 spiro atoms. The molecule has 104 valence electrons. The van der Waals surface area contributed by atoms with E-state index in [1.165, 1.54) is 25.7 Å². The van der Waals surface area contributed by atoms with E-state index in [1.54, 1.807) is 0 Å². The van der Waals surface area contributed by atoms with Gasteiger partial charge in [-0.3, -0.25) is 4.79 Å². The van der Waals surface area contributed by atoms with Gasteiger partial charge in [0.1, 0.15) is 0 Å². The van der Waals surface area contributed by atoms with Crippen molar-refractivity contribution < 1.29 is 9.90 Å². The molecule has 1 unspecified atom stereocenters. The van der Waals surface area contributed by atoms with Gasteiger partial charge >= 0.3 is 0 Å². The number of carbonyl (C=O) groups is 1. The summed E-state index contributed by atoms with van der Waals surface area (Å²) in [6.45, 7) is 2.00. The van der Waals surface area contributed by atoms with E-state index in [9.17, 15) is 4.79 Å². The lowest BCUT2D eigenvalue weighted by atomic mass is 9.94. The van der Waals surface area contributed by atoms with Crippen molar-refractivity contribution in [2.75, 3.05) is 5.32 Å². The van der Waals surface area contributed by atoms with Gasteiger partial charge in [-0.25, -0.2) is 0 Å². The average molecular weight is 261 g/mol. The zero-order valence-corrected chi connectivity index (χ0v) is 11.6. The molecule has 0 aliphatic heterocycles. The van der Waals surface area contributed by atoms with Crippen molar-refractivity contribution >= 4 is 11.6 Å². The fourth-order valence-corrected chi connectivity index (χ4v) is 2.87. The average Bonchev–Trinajstić information content (AvgIpc) is 2.91. The summed E-state index contributed by atoms with van der Waals surface area (Å²) in [6.07, 6.45) is 6.18. The first-order chi connectivity index (χ1) is 9.19. The van der Waals surface area contributed by atoms with E-state index in [1.807, 2.05) is 31.2 Å². The molecular formula is C16H23NO2. The van der Waals surface area contributed by atoms with Gasteiger partial charge in [-0.05, 0) is 30.0 Å². The molecule has 1 atom stereocenters. The lowest BCUT2D eigenvalue weighted by Gasteiger charge is -2.16. The van der Waals surface area contributed by atoms with Crippen molar-refractivity contribution in [2.45, 2.75) is 45.6 Å². The minimum Gasteiger partial charge on any atom is -0.392 e. The van der Waals surface area contributed by atoms with Crippen LogP contribution < -0.4 is 5.32 Å². The topological polar surface area (TPSA) is 49.3 Å². The number of nitrogens with one attached hydrogen (secondary N) is 1. The molecule has 1 aliphatic carbocycles.